The van der Waals surface area contributed by atoms with Gasteiger partial charge >= 0.3 is 0 Å². The van der Waals surface area contributed by atoms with E-state index in [-0.39, 0.29) is 0 Å². The van der Waals surface area contributed by atoms with Crippen LogP contribution < -0.4 is 0 Å². The first-order valence-corrected chi connectivity index (χ1v) is 6.68. The third kappa shape index (κ3) is 2.66. The van der Waals surface area contributed by atoms with E-state index in [4.69, 9.17) is 0 Å². The quantitative estimate of drug-likeness (QED) is 0.567. The Morgan fingerprint density at radius 3 is 2.31 bits per heavy atom. The van der Waals surface area contributed by atoms with Gasteiger partial charge in [0.2, 0.25) is 0 Å². The summed E-state index contributed by atoms with van der Waals surface area (Å²) in [5.74, 6) is 1.68. The molecule has 0 aromatic rings. The monoisotopic (exact) mass is 216 g/mol. The Bertz CT molecular complexity index is 322. The zero-order valence-electron chi connectivity index (χ0n) is 10.8. The lowest BCUT2D eigenvalue weighted by Crippen LogP contribution is -2.17. The van der Waals surface area contributed by atoms with E-state index in [2.05, 4.69) is 32.6 Å². The first-order chi connectivity index (χ1) is 7.66. The Hall–Kier alpha value is -0.780. The van der Waals surface area contributed by atoms with Crippen molar-refractivity contribution in [3.63, 3.8) is 0 Å². The molecular weight excluding hydrogens is 192 g/mol. The standard InChI is InChI=1S/C16H24/c1-12(2)14-8-10-16(11-9-14)15-6-4-13(3)5-7-15/h4,6,14,16H,1,5,7-11H2,2-3H3. The fraction of sp³-hybridized carbons (Fsp3) is 0.625. The first-order valence-electron chi connectivity index (χ1n) is 6.68. The topological polar surface area (TPSA) is 0 Å². The molecule has 0 aromatic heterocycles. The molecule has 0 bridgehead atoms. The van der Waals surface area contributed by atoms with Crippen molar-refractivity contribution in [2.75, 3.05) is 0 Å². The lowest BCUT2D eigenvalue weighted by atomic mass is 9.74. The maximum absolute atomic E-state index is 4.10. The first kappa shape index (κ1) is 11.7. The van der Waals surface area contributed by atoms with Crippen LogP contribution >= 0.6 is 0 Å². The molecule has 0 aliphatic heterocycles. The fourth-order valence-corrected chi connectivity index (χ4v) is 3.05. The van der Waals surface area contributed by atoms with Crippen LogP contribution in [0.5, 0.6) is 0 Å². The van der Waals surface area contributed by atoms with Gasteiger partial charge in [-0.15, -0.1) is 0 Å². The van der Waals surface area contributed by atoms with E-state index < -0.39 is 0 Å². The van der Waals surface area contributed by atoms with Crippen molar-refractivity contribution >= 4 is 0 Å². The van der Waals surface area contributed by atoms with E-state index in [1.54, 1.807) is 11.1 Å². The predicted molar refractivity (Wildman–Crippen MR) is 71.3 cm³/mol. The minimum absolute atomic E-state index is 0.803. The van der Waals surface area contributed by atoms with E-state index >= 15 is 0 Å². The number of hydrogen-bond donors (Lipinski definition) is 0. The molecule has 1 saturated carbocycles. The van der Waals surface area contributed by atoms with Gasteiger partial charge in [0, 0.05) is 0 Å². The summed E-state index contributed by atoms with van der Waals surface area (Å²) in [7, 11) is 0. The summed E-state index contributed by atoms with van der Waals surface area (Å²) in [5, 5.41) is 0. The van der Waals surface area contributed by atoms with Crippen LogP contribution in [0.3, 0.4) is 0 Å². The van der Waals surface area contributed by atoms with Gasteiger partial charge < -0.3 is 0 Å². The zero-order chi connectivity index (χ0) is 11.5. The van der Waals surface area contributed by atoms with Gasteiger partial charge in [-0.2, -0.15) is 0 Å². The molecule has 88 valence electrons. The Labute approximate surface area is 100 Å². The van der Waals surface area contributed by atoms with Crippen LogP contribution in [0.1, 0.15) is 52.4 Å². The molecule has 2 aliphatic carbocycles. The van der Waals surface area contributed by atoms with Crippen LogP contribution in [0.4, 0.5) is 0 Å². The second-order valence-corrected chi connectivity index (χ2v) is 5.65. The van der Waals surface area contributed by atoms with Crippen molar-refractivity contribution in [1.29, 1.82) is 0 Å². The van der Waals surface area contributed by atoms with Gasteiger partial charge in [-0.3, -0.25) is 0 Å². The van der Waals surface area contributed by atoms with Crippen LogP contribution in [0.2, 0.25) is 0 Å². The van der Waals surface area contributed by atoms with Gasteiger partial charge in [0.15, 0.2) is 0 Å². The minimum atomic E-state index is 0.803. The minimum Gasteiger partial charge on any atom is -0.0999 e. The maximum Gasteiger partial charge on any atom is -0.0200 e. The molecule has 0 spiro atoms. The third-order valence-electron chi connectivity index (χ3n) is 4.34. The Morgan fingerprint density at radius 2 is 1.81 bits per heavy atom. The van der Waals surface area contributed by atoms with Gasteiger partial charge in [0.05, 0.1) is 0 Å². The van der Waals surface area contributed by atoms with Gasteiger partial charge in [0.25, 0.3) is 0 Å². The van der Waals surface area contributed by atoms with E-state index in [1.807, 2.05) is 0 Å². The summed E-state index contributed by atoms with van der Waals surface area (Å²) >= 11 is 0. The highest BCUT2D eigenvalue weighted by Crippen LogP contribution is 2.38. The van der Waals surface area contributed by atoms with Crippen LogP contribution in [0.15, 0.2) is 35.5 Å². The van der Waals surface area contributed by atoms with Crippen LogP contribution in [0, 0.1) is 11.8 Å². The highest BCUT2D eigenvalue weighted by molar-refractivity contribution is 5.25. The second-order valence-electron chi connectivity index (χ2n) is 5.65. The predicted octanol–water partition coefficient (Wildman–Crippen LogP) is 5.04. The Kier molecular flexibility index (Phi) is 3.68. The average molecular weight is 216 g/mol. The van der Waals surface area contributed by atoms with Crippen LogP contribution in [-0.4, -0.2) is 0 Å². The Balaban J connectivity index is 1.92. The van der Waals surface area contributed by atoms with E-state index in [9.17, 15) is 0 Å². The van der Waals surface area contributed by atoms with Crippen molar-refractivity contribution in [2.24, 2.45) is 11.8 Å². The summed E-state index contributed by atoms with van der Waals surface area (Å²) in [6.45, 7) is 8.53. The van der Waals surface area contributed by atoms with Crippen LogP contribution in [0.25, 0.3) is 0 Å². The molecule has 2 rings (SSSR count). The molecule has 0 amide bonds. The van der Waals surface area contributed by atoms with E-state index in [0.29, 0.717) is 0 Å². The number of hydrogen-bond acceptors (Lipinski definition) is 0. The fourth-order valence-electron chi connectivity index (χ4n) is 3.05. The van der Waals surface area contributed by atoms with Gasteiger partial charge in [-0.05, 0) is 64.2 Å². The smallest absolute Gasteiger partial charge is 0.0200 e. The van der Waals surface area contributed by atoms with E-state index in [1.165, 1.54) is 44.1 Å². The molecule has 0 N–H and O–H groups in total. The lowest BCUT2D eigenvalue weighted by molar-refractivity contribution is 0.328. The molecule has 1 fully saturated rings. The van der Waals surface area contributed by atoms with Gasteiger partial charge in [0.1, 0.15) is 0 Å². The van der Waals surface area contributed by atoms with Crippen molar-refractivity contribution in [2.45, 2.75) is 52.4 Å². The lowest BCUT2D eigenvalue weighted by Gasteiger charge is -2.31. The molecule has 0 heteroatoms. The van der Waals surface area contributed by atoms with Crippen molar-refractivity contribution in [3.8, 4) is 0 Å². The summed E-state index contributed by atoms with van der Waals surface area (Å²) in [4.78, 5) is 0. The zero-order valence-corrected chi connectivity index (χ0v) is 10.8. The van der Waals surface area contributed by atoms with Crippen molar-refractivity contribution in [3.05, 3.63) is 35.5 Å². The summed E-state index contributed by atoms with van der Waals surface area (Å²) in [5.41, 5.74) is 4.65. The van der Waals surface area contributed by atoms with Crippen molar-refractivity contribution < 1.29 is 0 Å². The Morgan fingerprint density at radius 1 is 1.12 bits per heavy atom. The molecule has 0 nitrogen and oxygen atoms in total. The normalized spacial score (nSPS) is 30.6. The molecule has 0 radical (unpaired) electrons. The highest BCUT2D eigenvalue weighted by atomic mass is 14.3. The highest BCUT2D eigenvalue weighted by Gasteiger charge is 2.24. The molecule has 0 heterocycles. The maximum atomic E-state index is 4.10. The summed E-state index contributed by atoms with van der Waals surface area (Å²) in [6.07, 6.45) is 12.8. The third-order valence-corrected chi connectivity index (χ3v) is 4.34. The molecule has 0 aromatic carbocycles. The molecule has 16 heavy (non-hydrogen) atoms. The molecular formula is C16H24. The molecule has 0 saturated heterocycles. The van der Waals surface area contributed by atoms with Crippen molar-refractivity contribution in [1.82, 2.24) is 0 Å². The van der Waals surface area contributed by atoms with E-state index in [0.717, 1.165) is 11.8 Å². The second kappa shape index (κ2) is 5.03. The molecule has 2 aliphatic rings. The number of allylic oxidation sites excluding steroid dienone is 5. The van der Waals surface area contributed by atoms with Gasteiger partial charge in [-0.25, -0.2) is 0 Å². The van der Waals surface area contributed by atoms with Gasteiger partial charge in [-0.1, -0.05) is 35.5 Å². The summed E-state index contributed by atoms with van der Waals surface area (Å²) < 4.78 is 0. The SMILES string of the molecule is C=C(C)C1CCC(C2=CC=C(C)CC2)CC1. The molecule has 0 unspecified atom stereocenters. The van der Waals surface area contributed by atoms with Crippen LogP contribution in [-0.2, 0) is 0 Å². The largest absolute Gasteiger partial charge is 0.0999 e. The number of rotatable bonds is 2. The molecule has 0 atom stereocenters. The summed E-state index contributed by atoms with van der Waals surface area (Å²) in [6, 6.07) is 0. The average Bonchev–Trinajstić information content (AvgIpc) is 2.30.